The Hall–Kier alpha value is -1.75. The average molecular weight is 390 g/mol. The Bertz CT molecular complexity index is 735. The van der Waals surface area contributed by atoms with Crippen LogP contribution in [0.4, 0.5) is 0 Å². The number of nitrogens with zero attached hydrogens (tertiary/aromatic N) is 3. The van der Waals surface area contributed by atoms with E-state index in [9.17, 15) is 4.79 Å². The van der Waals surface area contributed by atoms with E-state index in [2.05, 4.69) is 43.7 Å². The van der Waals surface area contributed by atoms with Gasteiger partial charge >= 0.3 is 0 Å². The Morgan fingerprint density at radius 2 is 2.11 bits per heavy atom. The molecule has 0 fully saturated rings. The van der Waals surface area contributed by atoms with Gasteiger partial charge in [-0.25, -0.2) is 4.98 Å². The van der Waals surface area contributed by atoms with Crippen molar-refractivity contribution in [3.05, 3.63) is 23.0 Å². The van der Waals surface area contributed by atoms with Gasteiger partial charge in [-0.2, -0.15) is 5.26 Å². The average Bonchev–Trinajstić information content (AvgIpc) is 2.57. The molecule has 2 heterocycles. The van der Waals surface area contributed by atoms with E-state index in [4.69, 9.17) is 14.4 Å². The third-order valence-electron chi connectivity index (χ3n) is 5.55. The van der Waals surface area contributed by atoms with Crippen LogP contribution < -0.4 is 4.74 Å². The molecule has 6 nitrogen and oxygen atoms in total. The highest BCUT2D eigenvalue weighted by molar-refractivity contribution is 6.74. The maximum Gasteiger partial charge on any atom is 0.192 e. The largest absolute Gasteiger partial charge is 0.478 e. The van der Waals surface area contributed by atoms with Crippen molar-refractivity contribution >= 4 is 14.1 Å². The molecule has 0 unspecified atom stereocenters. The van der Waals surface area contributed by atoms with Crippen molar-refractivity contribution in [1.29, 1.82) is 5.26 Å². The lowest BCUT2D eigenvalue weighted by atomic mass is 10.0. The Morgan fingerprint density at radius 1 is 1.41 bits per heavy atom. The van der Waals surface area contributed by atoms with Gasteiger partial charge in [0, 0.05) is 44.8 Å². The molecule has 1 aliphatic heterocycles. The van der Waals surface area contributed by atoms with E-state index < -0.39 is 8.32 Å². The quantitative estimate of drug-likeness (QED) is 0.524. The molecule has 0 atom stereocenters. The number of nitriles is 1. The van der Waals surface area contributed by atoms with Crippen molar-refractivity contribution in [3.63, 3.8) is 0 Å². The van der Waals surface area contributed by atoms with Crippen molar-refractivity contribution in [2.45, 2.75) is 58.8 Å². The number of Topliss-reactive ketones (excluding diaryl/α,β-unsaturated/α-hetero) is 1. The van der Waals surface area contributed by atoms with Crippen LogP contribution in [0.1, 0.15) is 49.4 Å². The molecule has 7 heteroatoms. The number of ketones is 1. The van der Waals surface area contributed by atoms with Crippen molar-refractivity contribution in [2.24, 2.45) is 0 Å². The molecule has 2 rings (SSSR count). The van der Waals surface area contributed by atoms with Gasteiger partial charge in [0.25, 0.3) is 0 Å². The van der Waals surface area contributed by atoms with Crippen molar-refractivity contribution < 1.29 is 14.0 Å². The van der Waals surface area contributed by atoms with Crippen LogP contribution in [0.2, 0.25) is 18.1 Å². The summed E-state index contributed by atoms with van der Waals surface area (Å²) in [6.45, 7) is 15.8. The lowest BCUT2D eigenvalue weighted by Crippen LogP contribution is -2.43. The van der Waals surface area contributed by atoms with Gasteiger partial charge in [0.15, 0.2) is 20.7 Å². The normalized spacial score (nSPS) is 15.1. The summed E-state index contributed by atoms with van der Waals surface area (Å²) < 4.78 is 11.8. The summed E-state index contributed by atoms with van der Waals surface area (Å²) in [6.07, 6.45) is 0.793. The number of carbonyl (C=O) groups is 1. The topological polar surface area (TPSA) is 75.5 Å². The number of fused-ring (bicyclic) bond motifs is 1. The van der Waals surface area contributed by atoms with E-state index in [1.165, 1.54) is 6.92 Å². The van der Waals surface area contributed by atoms with Crippen LogP contribution in [0.5, 0.6) is 5.75 Å². The lowest BCUT2D eigenvalue weighted by Gasteiger charge is -2.37. The van der Waals surface area contributed by atoms with E-state index in [0.717, 1.165) is 30.8 Å². The van der Waals surface area contributed by atoms with Crippen molar-refractivity contribution in [1.82, 2.24) is 9.88 Å². The smallest absolute Gasteiger partial charge is 0.192 e. The number of pyridine rings is 1. The summed E-state index contributed by atoms with van der Waals surface area (Å²) in [4.78, 5) is 18.7. The number of hydrogen-bond acceptors (Lipinski definition) is 6. The Balaban J connectivity index is 2.07. The first-order valence-corrected chi connectivity index (χ1v) is 12.4. The van der Waals surface area contributed by atoms with Crippen LogP contribution >= 0.6 is 0 Å². The monoisotopic (exact) mass is 389 g/mol. The minimum atomic E-state index is -1.75. The van der Waals surface area contributed by atoms with Crippen molar-refractivity contribution in [3.8, 4) is 11.8 Å². The molecule has 1 aliphatic rings. The summed E-state index contributed by atoms with van der Waals surface area (Å²) in [5.41, 5.74) is 2.27. The highest BCUT2D eigenvalue weighted by Gasteiger charge is 2.37. The molecule has 0 saturated heterocycles. The lowest BCUT2D eigenvalue weighted by molar-refractivity contribution is 0.101. The summed E-state index contributed by atoms with van der Waals surface area (Å²) in [5.74, 6) is 0.516. The number of rotatable bonds is 7. The highest BCUT2D eigenvalue weighted by atomic mass is 28.4. The third kappa shape index (κ3) is 5.38. The molecule has 0 N–H and O–H groups in total. The maximum atomic E-state index is 11.8. The SMILES string of the molecule is CC(=O)c1cc(OCC#N)c2c(n1)CN(CCO[Si](C)(C)C(C)(C)C)CC2. The number of carbonyl (C=O) groups excluding carboxylic acids is 1. The molecule has 0 aromatic carbocycles. The van der Waals surface area contributed by atoms with Crippen LogP contribution in [-0.4, -0.2) is 50.3 Å². The highest BCUT2D eigenvalue weighted by Crippen LogP contribution is 2.36. The second-order valence-electron chi connectivity index (χ2n) is 8.57. The number of ether oxygens (including phenoxy) is 1. The predicted molar refractivity (Wildman–Crippen MR) is 107 cm³/mol. The molecule has 0 saturated carbocycles. The van der Waals surface area contributed by atoms with Crippen LogP contribution in [0.3, 0.4) is 0 Å². The molecule has 1 aromatic heterocycles. The molecular formula is C20H31N3O3Si. The van der Waals surface area contributed by atoms with Gasteiger partial charge < -0.3 is 9.16 Å². The van der Waals surface area contributed by atoms with E-state index in [0.29, 0.717) is 24.6 Å². The predicted octanol–water partition coefficient (Wildman–Crippen LogP) is 3.57. The van der Waals surface area contributed by atoms with Crippen LogP contribution in [0.25, 0.3) is 0 Å². The van der Waals surface area contributed by atoms with E-state index in [1.807, 2.05) is 6.07 Å². The van der Waals surface area contributed by atoms with Gasteiger partial charge in [-0.15, -0.1) is 0 Å². The minimum Gasteiger partial charge on any atom is -0.478 e. The van der Waals surface area contributed by atoms with Crippen molar-refractivity contribution in [2.75, 3.05) is 26.3 Å². The Morgan fingerprint density at radius 3 is 2.70 bits per heavy atom. The summed E-state index contributed by atoms with van der Waals surface area (Å²) in [5, 5.41) is 9.00. The molecule has 27 heavy (non-hydrogen) atoms. The molecule has 1 aromatic rings. The molecular weight excluding hydrogens is 358 g/mol. The second kappa shape index (κ2) is 8.51. The first-order chi connectivity index (χ1) is 12.5. The number of aromatic nitrogens is 1. The molecule has 0 aliphatic carbocycles. The molecule has 148 valence electrons. The Kier molecular flexibility index (Phi) is 6.79. The van der Waals surface area contributed by atoms with Gasteiger partial charge in [0.2, 0.25) is 0 Å². The van der Waals surface area contributed by atoms with Crippen LogP contribution in [0, 0.1) is 11.3 Å². The first kappa shape index (κ1) is 21.5. The van der Waals surface area contributed by atoms with E-state index in [-0.39, 0.29) is 17.4 Å². The van der Waals surface area contributed by atoms with Gasteiger partial charge in [-0.05, 0) is 24.6 Å². The second-order valence-corrected chi connectivity index (χ2v) is 13.4. The minimum absolute atomic E-state index is 0.0299. The Labute approximate surface area is 163 Å². The fraction of sp³-hybridized carbons (Fsp3) is 0.650. The first-order valence-electron chi connectivity index (χ1n) is 9.45. The zero-order valence-corrected chi connectivity index (χ0v) is 18.4. The standard InChI is InChI=1S/C20H31N3O3Si/c1-15(24)17-13-19(25-11-8-21)16-7-9-23(14-18(16)22-17)10-12-26-27(5,6)20(2,3)4/h13H,7,9-12,14H2,1-6H3. The fourth-order valence-electron chi connectivity index (χ4n) is 2.81. The van der Waals surface area contributed by atoms with Crippen LogP contribution in [-0.2, 0) is 17.4 Å². The molecule has 0 bridgehead atoms. The number of hydrogen-bond donors (Lipinski definition) is 0. The van der Waals surface area contributed by atoms with Gasteiger partial charge in [0.05, 0.1) is 5.69 Å². The third-order valence-corrected chi connectivity index (χ3v) is 10.1. The van der Waals surface area contributed by atoms with E-state index >= 15 is 0 Å². The summed E-state index contributed by atoms with van der Waals surface area (Å²) >= 11 is 0. The molecule has 0 radical (unpaired) electrons. The summed E-state index contributed by atoms with van der Waals surface area (Å²) in [6, 6.07) is 3.65. The maximum absolute atomic E-state index is 11.8. The molecule has 0 amide bonds. The van der Waals surface area contributed by atoms with Gasteiger partial charge in [-0.1, -0.05) is 20.8 Å². The molecule has 0 spiro atoms. The van der Waals surface area contributed by atoms with Gasteiger partial charge in [-0.3, -0.25) is 9.69 Å². The zero-order chi connectivity index (χ0) is 20.2. The fourth-order valence-corrected chi connectivity index (χ4v) is 3.85. The van der Waals surface area contributed by atoms with Gasteiger partial charge in [0.1, 0.15) is 17.5 Å². The van der Waals surface area contributed by atoms with E-state index in [1.54, 1.807) is 6.07 Å². The van der Waals surface area contributed by atoms with Crippen LogP contribution in [0.15, 0.2) is 6.07 Å². The zero-order valence-electron chi connectivity index (χ0n) is 17.4. The summed E-state index contributed by atoms with van der Waals surface area (Å²) in [7, 11) is -1.75.